The Hall–Kier alpha value is -0.790. The van der Waals surface area contributed by atoms with Crippen LogP contribution in [0.4, 0.5) is 0 Å². The van der Waals surface area contributed by atoms with Crippen LogP contribution in [-0.2, 0) is 4.79 Å². The van der Waals surface area contributed by atoms with Crippen LogP contribution in [0, 0.1) is 6.58 Å². The molecule has 0 atom stereocenters. The van der Waals surface area contributed by atoms with Crippen LogP contribution in [0.1, 0.15) is 51.9 Å². The highest BCUT2D eigenvalue weighted by molar-refractivity contribution is 5.66. The summed E-state index contributed by atoms with van der Waals surface area (Å²) in [4.78, 5) is 10.2. The van der Waals surface area contributed by atoms with Crippen LogP contribution >= 0.6 is 0 Å². The Balaban J connectivity index is 3.22. The number of aliphatic carboxylic acids is 1. The lowest BCUT2D eigenvalue weighted by Crippen LogP contribution is -1.94. The smallest absolute Gasteiger partial charge is 0.303 e. The lowest BCUT2D eigenvalue weighted by molar-refractivity contribution is -0.137. The van der Waals surface area contributed by atoms with Crippen molar-refractivity contribution in [2.45, 2.75) is 51.9 Å². The second-order valence-electron chi connectivity index (χ2n) is 3.36. The molecule has 0 saturated heterocycles. The van der Waals surface area contributed by atoms with Gasteiger partial charge in [0.15, 0.2) is 0 Å². The van der Waals surface area contributed by atoms with Gasteiger partial charge >= 0.3 is 5.97 Å². The van der Waals surface area contributed by atoms with E-state index in [4.69, 9.17) is 11.7 Å². The lowest BCUT2D eigenvalue weighted by atomic mass is 10.0. The number of rotatable bonds is 8. The molecule has 0 fully saturated rings. The van der Waals surface area contributed by atoms with Crippen molar-refractivity contribution in [2.75, 3.05) is 0 Å². The minimum absolute atomic E-state index is 0.265. The first-order chi connectivity index (χ1) is 6.16. The van der Waals surface area contributed by atoms with Gasteiger partial charge < -0.3 is 5.11 Å². The number of carbonyl (C=O) groups is 1. The maximum absolute atomic E-state index is 10.2. The molecular formula is C11H19O2. The van der Waals surface area contributed by atoms with Crippen molar-refractivity contribution >= 4 is 5.97 Å². The van der Waals surface area contributed by atoms with Crippen molar-refractivity contribution in [3.8, 4) is 0 Å². The van der Waals surface area contributed by atoms with E-state index in [1.54, 1.807) is 0 Å². The number of hydrogen-bond acceptors (Lipinski definition) is 1. The van der Waals surface area contributed by atoms with Crippen LogP contribution in [-0.4, -0.2) is 11.1 Å². The summed E-state index contributed by atoms with van der Waals surface area (Å²) in [5, 5.41) is 8.38. The average molecular weight is 183 g/mol. The third kappa shape index (κ3) is 9.12. The molecule has 0 amide bonds. The molecule has 0 heterocycles. The number of allylic oxidation sites excluding steroid dienone is 1. The second-order valence-corrected chi connectivity index (χ2v) is 3.36. The molecular weight excluding hydrogens is 164 g/mol. The van der Waals surface area contributed by atoms with Gasteiger partial charge in [0, 0.05) is 6.42 Å². The van der Waals surface area contributed by atoms with E-state index in [0.29, 0.717) is 0 Å². The zero-order valence-corrected chi connectivity index (χ0v) is 8.38. The Bertz CT molecular complexity index is 161. The Morgan fingerprint density at radius 3 is 2.23 bits per heavy atom. The van der Waals surface area contributed by atoms with Gasteiger partial charge in [0.05, 0.1) is 0 Å². The highest BCUT2D eigenvalue weighted by Gasteiger charge is 1.98. The van der Waals surface area contributed by atoms with E-state index in [1.165, 1.54) is 0 Å². The van der Waals surface area contributed by atoms with Crippen molar-refractivity contribution < 1.29 is 9.90 Å². The number of hydrogen-bond donors (Lipinski definition) is 1. The average Bonchev–Trinajstić information content (AvgIpc) is 2.08. The van der Waals surface area contributed by atoms with Gasteiger partial charge in [-0.05, 0) is 32.1 Å². The molecule has 0 aliphatic carbocycles. The summed E-state index contributed by atoms with van der Waals surface area (Å²) in [5.41, 5.74) is 1.02. The van der Waals surface area contributed by atoms with Gasteiger partial charge in [-0.15, -0.1) is 0 Å². The zero-order chi connectivity index (χ0) is 10.1. The first-order valence-corrected chi connectivity index (χ1v) is 4.98. The highest BCUT2D eigenvalue weighted by atomic mass is 16.4. The van der Waals surface area contributed by atoms with E-state index in [-0.39, 0.29) is 6.42 Å². The van der Waals surface area contributed by atoms with E-state index in [0.717, 1.165) is 44.1 Å². The van der Waals surface area contributed by atoms with Crippen LogP contribution in [0.15, 0.2) is 5.57 Å². The molecule has 0 aliphatic heterocycles. The summed E-state index contributed by atoms with van der Waals surface area (Å²) in [6.07, 6.45) is 6.09. The monoisotopic (exact) mass is 183 g/mol. The van der Waals surface area contributed by atoms with Gasteiger partial charge in [-0.1, -0.05) is 25.5 Å². The van der Waals surface area contributed by atoms with E-state index in [9.17, 15) is 4.79 Å². The number of unbranched alkanes of at least 4 members (excludes halogenated alkanes) is 2. The second kappa shape index (κ2) is 7.84. The number of carboxylic acids is 1. The molecule has 1 radical (unpaired) electrons. The first kappa shape index (κ1) is 12.2. The topological polar surface area (TPSA) is 37.3 Å². The van der Waals surface area contributed by atoms with E-state index >= 15 is 0 Å². The first-order valence-electron chi connectivity index (χ1n) is 4.98. The molecule has 0 aromatic carbocycles. The van der Waals surface area contributed by atoms with E-state index in [2.05, 4.69) is 6.92 Å². The van der Waals surface area contributed by atoms with Crippen LogP contribution < -0.4 is 0 Å². The molecule has 0 aromatic heterocycles. The Kier molecular flexibility index (Phi) is 7.36. The third-order valence-electron chi connectivity index (χ3n) is 1.99. The maximum atomic E-state index is 10.2. The molecule has 1 N–H and O–H groups in total. The summed E-state index contributed by atoms with van der Waals surface area (Å²) < 4.78 is 0. The molecule has 0 aliphatic rings. The fourth-order valence-corrected chi connectivity index (χ4v) is 1.16. The van der Waals surface area contributed by atoms with Crippen molar-refractivity contribution in [3.05, 3.63) is 12.2 Å². The minimum Gasteiger partial charge on any atom is -0.481 e. The van der Waals surface area contributed by atoms with Crippen LogP contribution in [0.5, 0.6) is 0 Å². The van der Waals surface area contributed by atoms with Gasteiger partial charge in [0.25, 0.3) is 0 Å². The van der Waals surface area contributed by atoms with Crippen LogP contribution in [0.2, 0.25) is 0 Å². The van der Waals surface area contributed by atoms with E-state index in [1.807, 2.05) is 0 Å². The quantitative estimate of drug-likeness (QED) is 0.587. The summed E-state index contributed by atoms with van der Waals surface area (Å²) in [7, 11) is 0. The van der Waals surface area contributed by atoms with Crippen LogP contribution in [0.25, 0.3) is 0 Å². The molecule has 13 heavy (non-hydrogen) atoms. The van der Waals surface area contributed by atoms with Crippen molar-refractivity contribution in [1.82, 2.24) is 0 Å². The lowest BCUT2D eigenvalue weighted by Gasteiger charge is -2.02. The largest absolute Gasteiger partial charge is 0.481 e. The molecule has 75 valence electrons. The predicted octanol–water partition coefficient (Wildman–Crippen LogP) is 3.18. The molecule has 0 spiro atoms. The normalized spacial score (nSPS) is 9.92. The summed E-state index contributed by atoms with van der Waals surface area (Å²) >= 11 is 0. The molecule has 0 saturated carbocycles. The molecule has 2 heteroatoms. The molecule has 2 nitrogen and oxygen atoms in total. The van der Waals surface area contributed by atoms with Gasteiger partial charge in [-0.25, -0.2) is 0 Å². The van der Waals surface area contributed by atoms with Gasteiger partial charge in [-0.3, -0.25) is 4.79 Å². The fraction of sp³-hybridized carbons (Fsp3) is 0.727. The molecule has 0 rings (SSSR count). The molecule has 0 bridgehead atoms. The Morgan fingerprint density at radius 2 is 1.69 bits per heavy atom. The van der Waals surface area contributed by atoms with Crippen molar-refractivity contribution in [1.29, 1.82) is 0 Å². The van der Waals surface area contributed by atoms with Crippen molar-refractivity contribution in [2.24, 2.45) is 0 Å². The Morgan fingerprint density at radius 1 is 1.15 bits per heavy atom. The zero-order valence-electron chi connectivity index (χ0n) is 8.38. The van der Waals surface area contributed by atoms with Crippen molar-refractivity contribution in [3.63, 3.8) is 0 Å². The van der Waals surface area contributed by atoms with Gasteiger partial charge in [-0.2, -0.15) is 0 Å². The summed E-state index contributed by atoms with van der Waals surface area (Å²) in [6, 6.07) is 0. The summed E-state index contributed by atoms with van der Waals surface area (Å²) in [6.45, 7) is 7.88. The minimum atomic E-state index is -0.716. The van der Waals surface area contributed by atoms with Gasteiger partial charge in [0.2, 0.25) is 0 Å². The molecule has 0 aromatic rings. The van der Waals surface area contributed by atoms with E-state index < -0.39 is 5.97 Å². The van der Waals surface area contributed by atoms with Gasteiger partial charge in [0.1, 0.15) is 0 Å². The maximum Gasteiger partial charge on any atom is 0.303 e. The Labute approximate surface area is 80.7 Å². The predicted molar refractivity (Wildman–Crippen MR) is 53.4 cm³/mol. The van der Waals surface area contributed by atoms with Crippen LogP contribution in [0.3, 0.4) is 0 Å². The number of carboxylic acid groups (broad SMARTS) is 1. The molecule has 0 unspecified atom stereocenters. The summed E-state index contributed by atoms with van der Waals surface area (Å²) in [5.74, 6) is -0.716. The standard InChI is InChI=1S/C11H19O2/c1-3-4-7-10(2)8-5-6-9-11(12)13/h2H,3-9H2,1H3,(H,12,13). The third-order valence-corrected chi connectivity index (χ3v) is 1.99. The highest BCUT2D eigenvalue weighted by Crippen LogP contribution is 2.13. The SMILES string of the molecule is [CH]=C(CCCC)CCCCC(=O)O. The fourth-order valence-electron chi connectivity index (χ4n) is 1.16.